The third-order valence-corrected chi connectivity index (χ3v) is 4.39. The first-order valence-electron chi connectivity index (χ1n) is 6.98. The van der Waals surface area contributed by atoms with Crippen LogP contribution in [0, 0.1) is 11.3 Å². The van der Waals surface area contributed by atoms with Crippen molar-refractivity contribution in [3.05, 3.63) is 76.8 Å². The second-order valence-corrected chi connectivity index (χ2v) is 6.06. The third-order valence-electron chi connectivity index (χ3n) is 3.90. The van der Waals surface area contributed by atoms with E-state index < -0.39 is 0 Å². The lowest BCUT2D eigenvalue weighted by atomic mass is 10.2. The molecule has 1 aromatic heterocycles. The van der Waals surface area contributed by atoms with Gasteiger partial charge >= 0.3 is 0 Å². The lowest BCUT2D eigenvalue weighted by Crippen LogP contribution is -1.97. The van der Waals surface area contributed by atoms with Gasteiger partial charge < -0.3 is 4.57 Å². The Morgan fingerprint density at radius 1 is 0.818 bits per heavy atom. The molecule has 104 valence electrons. The van der Waals surface area contributed by atoms with Crippen LogP contribution in [0.15, 0.2) is 71.2 Å². The summed E-state index contributed by atoms with van der Waals surface area (Å²) in [7, 11) is 0. The van der Waals surface area contributed by atoms with Gasteiger partial charge in [-0.25, -0.2) is 0 Å². The molecule has 0 bridgehead atoms. The maximum Gasteiger partial charge on any atom is 0.101 e. The van der Waals surface area contributed by atoms with E-state index in [4.69, 9.17) is 0 Å². The predicted molar refractivity (Wildman–Crippen MR) is 93.2 cm³/mol. The van der Waals surface area contributed by atoms with Crippen molar-refractivity contribution in [2.75, 3.05) is 0 Å². The van der Waals surface area contributed by atoms with E-state index >= 15 is 0 Å². The average molecular weight is 347 g/mol. The smallest absolute Gasteiger partial charge is 0.101 e. The van der Waals surface area contributed by atoms with E-state index in [-0.39, 0.29) is 0 Å². The van der Waals surface area contributed by atoms with Gasteiger partial charge in [0.25, 0.3) is 0 Å². The summed E-state index contributed by atoms with van der Waals surface area (Å²) in [5.74, 6) is 0. The van der Waals surface area contributed by atoms with Gasteiger partial charge in [-0.05, 0) is 30.3 Å². The first-order chi connectivity index (χ1) is 10.8. The molecule has 2 nitrogen and oxygen atoms in total. The number of para-hydroxylation sites is 2. The number of nitrogens with zero attached hydrogens (tertiary/aromatic N) is 2. The molecule has 0 saturated carbocycles. The molecule has 1 heterocycles. The maximum atomic E-state index is 9.50. The predicted octanol–water partition coefficient (Wildman–Crippen LogP) is 5.42. The van der Waals surface area contributed by atoms with Crippen molar-refractivity contribution in [1.82, 2.24) is 4.57 Å². The first kappa shape index (κ1) is 13.1. The molecule has 0 aliphatic rings. The van der Waals surface area contributed by atoms with Crippen molar-refractivity contribution < 1.29 is 0 Å². The summed E-state index contributed by atoms with van der Waals surface area (Å²) in [6.07, 6.45) is 0. The van der Waals surface area contributed by atoms with E-state index in [9.17, 15) is 5.26 Å². The fourth-order valence-corrected chi connectivity index (χ4v) is 3.34. The van der Waals surface area contributed by atoms with Crippen LogP contribution in [0.3, 0.4) is 0 Å². The van der Waals surface area contributed by atoms with Gasteiger partial charge in [-0.15, -0.1) is 0 Å². The van der Waals surface area contributed by atoms with Crippen molar-refractivity contribution in [2.24, 2.45) is 0 Å². The highest BCUT2D eigenvalue weighted by Crippen LogP contribution is 2.33. The van der Waals surface area contributed by atoms with Crippen LogP contribution in [0.4, 0.5) is 0 Å². The molecule has 0 radical (unpaired) electrons. The van der Waals surface area contributed by atoms with Gasteiger partial charge in [0, 0.05) is 15.2 Å². The van der Waals surface area contributed by atoms with Crippen LogP contribution in [-0.4, -0.2) is 4.57 Å². The molecule has 3 aromatic carbocycles. The van der Waals surface area contributed by atoms with Gasteiger partial charge in [-0.1, -0.05) is 52.3 Å². The van der Waals surface area contributed by atoms with Gasteiger partial charge in [0.05, 0.1) is 22.3 Å². The molecule has 4 aromatic rings. The van der Waals surface area contributed by atoms with Crippen LogP contribution in [0.5, 0.6) is 0 Å². The van der Waals surface area contributed by atoms with Crippen molar-refractivity contribution in [1.29, 1.82) is 5.26 Å². The SMILES string of the molecule is N#Cc1cc(Br)ccc1-n1c2ccccc2c2ccccc21. The Bertz CT molecular complexity index is 1000. The van der Waals surface area contributed by atoms with E-state index in [1.165, 1.54) is 10.8 Å². The summed E-state index contributed by atoms with van der Waals surface area (Å²) in [6.45, 7) is 0. The van der Waals surface area contributed by atoms with Gasteiger partial charge in [0.1, 0.15) is 6.07 Å². The molecule has 22 heavy (non-hydrogen) atoms. The number of nitriles is 1. The topological polar surface area (TPSA) is 28.7 Å². The fourth-order valence-electron chi connectivity index (χ4n) is 2.97. The Kier molecular flexibility index (Phi) is 2.99. The number of hydrogen-bond acceptors (Lipinski definition) is 1. The summed E-state index contributed by atoms with van der Waals surface area (Å²) in [5, 5.41) is 11.9. The maximum absolute atomic E-state index is 9.50. The Morgan fingerprint density at radius 2 is 1.41 bits per heavy atom. The molecule has 0 fully saturated rings. The normalized spacial score (nSPS) is 10.9. The Morgan fingerprint density at radius 3 is 2.00 bits per heavy atom. The molecule has 0 spiro atoms. The van der Waals surface area contributed by atoms with Crippen LogP contribution in [-0.2, 0) is 0 Å². The summed E-state index contributed by atoms with van der Waals surface area (Å²) >= 11 is 3.44. The van der Waals surface area contributed by atoms with Crippen LogP contribution in [0.25, 0.3) is 27.5 Å². The van der Waals surface area contributed by atoms with E-state index in [1.54, 1.807) is 0 Å². The van der Waals surface area contributed by atoms with Crippen LogP contribution in [0.2, 0.25) is 0 Å². The molecular formula is C19H11BrN2. The van der Waals surface area contributed by atoms with Gasteiger partial charge in [-0.2, -0.15) is 5.26 Å². The molecule has 0 unspecified atom stereocenters. The van der Waals surface area contributed by atoms with Gasteiger partial charge in [-0.3, -0.25) is 0 Å². The van der Waals surface area contributed by atoms with E-state index in [0.29, 0.717) is 5.56 Å². The van der Waals surface area contributed by atoms with Crippen molar-refractivity contribution in [2.45, 2.75) is 0 Å². The van der Waals surface area contributed by atoms with Crippen molar-refractivity contribution >= 4 is 37.7 Å². The third kappa shape index (κ3) is 1.85. The minimum atomic E-state index is 0.654. The van der Waals surface area contributed by atoms with Gasteiger partial charge in [0.2, 0.25) is 0 Å². The zero-order chi connectivity index (χ0) is 15.1. The van der Waals surface area contributed by atoms with Crippen LogP contribution >= 0.6 is 15.9 Å². The molecule has 0 aliphatic carbocycles. The zero-order valence-corrected chi connectivity index (χ0v) is 13.2. The van der Waals surface area contributed by atoms with Gasteiger partial charge in [0.15, 0.2) is 0 Å². The number of fused-ring (bicyclic) bond motifs is 3. The molecular weight excluding hydrogens is 336 g/mol. The van der Waals surface area contributed by atoms with Crippen LogP contribution in [0.1, 0.15) is 5.56 Å². The minimum absolute atomic E-state index is 0.654. The lowest BCUT2D eigenvalue weighted by Gasteiger charge is -2.10. The van der Waals surface area contributed by atoms with Crippen molar-refractivity contribution in [3.63, 3.8) is 0 Å². The first-order valence-corrected chi connectivity index (χ1v) is 7.77. The number of benzene rings is 3. The quantitative estimate of drug-likeness (QED) is 0.452. The molecule has 0 amide bonds. The molecule has 0 atom stereocenters. The minimum Gasteiger partial charge on any atom is -0.308 e. The van der Waals surface area contributed by atoms with E-state index in [1.807, 2.05) is 42.5 Å². The fraction of sp³-hybridized carbons (Fsp3) is 0. The Labute approximate surface area is 136 Å². The second kappa shape index (κ2) is 5.01. The number of rotatable bonds is 1. The summed E-state index contributed by atoms with van der Waals surface area (Å²) in [6, 6.07) is 24.7. The van der Waals surface area contributed by atoms with E-state index in [2.05, 4.69) is 50.8 Å². The number of hydrogen-bond donors (Lipinski definition) is 0. The summed E-state index contributed by atoms with van der Waals surface area (Å²) in [5.41, 5.74) is 3.79. The monoisotopic (exact) mass is 346 g/mol. The Hall–Kier alpha value is -2.57. The Balaban J connectivity index is 2.21. The summed E-state index contributed by atoms with van der Waals surface area (Å²) < 4.78 is 3.07. The molecule has 0 aliphatic heterocycles. The van der Waals surface area contributed by atoms with Crippen LogP contribution < -0.4 is 0 Å². The molecule has 3 heteroatoms. The summed E-state index contributed by atoms with van der Waals surface area (Å²) in [4.78, 5) is 0. The standard InChI is InChI=1S/C19H11BrN2/c20-14-9-10-17(13(11-14)12-21)22-18-7-3-1-5-15(18)16-6-2-4-8-19(16)22/h1-11H. The highest BCUT2D eigenvalue weighted by molar-refractivity contribution is 9.10. The van der Waals surface area contributed by atoms with E-state index in [0.717, 1.165) is 21.2 Å². The lowest BCUT2D eigenvalue weighted by molar-refractivity contribution is 1.16. The molecule has 0 saturated heterocycles. The molecule has 0 N–H and O–H groups in total. The van der Waals surface area contributed by atoms with Crippen molar-refractivity contribution in [3.8, 4) is 11.8 Å². The highest BCUT2D eigenvalue weighted by atomic mass is 79.9. The molecule has 4 rings (SSSR count). The number of halogens is 1. The largest absolute Gasteiger partial charge is 0.308 e. The second-order valence-electron chi connectivity index (χ2n) is 5.14. The average Bonchev–Trinajstić information content (AvgIpc) is 2.89. The number of aromatic nitrogens is 1. The zero-order valence-electron chi connectivity index (χ0n) is 11.6. The highest BCUT2D eigenvalue weighted by Gasteiger charge is 2.13.